The highest BCUT2D eigenvalue weighted by Crippen LogP contribution is 2.33. The lowest BCUT2D eigenvalue weighted by Gasteiger charge is -2.32. The van der Waals surface area contributed by atoms with E-state index >= 15 is 0 Å². The molecule has 1 saturated heterocycles. The summed E-state index contributed by atoms with van der Waals surface area (Å²) in [6, 6.07) is 3.27. The van der Waals surface area contributed by atoms with Crippen molar-refractivity contribution < 1.29 is 4.79 Å². The van der Waals surface area contributed by atoms with Crippen LogP contribution >= 0.6 is 36.2 Å². The van der Waals surface area contributed by atoms with Crippen LogP contribution in [0, 0.1) is 5.92 Å². The Hall–Kier alpha value is -0.330. The van der Waals surface area contributed by atoms with Crippen molar-refractivity contribution in [3.63, 3.8) is 0 Å². The fourth-order valence-electron chi connectivity index (χ4n) is 4.67. The van der Waals surface area contributed by atoms with E-state index in [1.165, 1.54) is 31.2 Å². The van der Waals surface area contributed by atoms with Gasteiger partial charge in [-0.05, 0) is 55.5 Å². The molecule has 26 heavy (non-hydrogen) atoms. The van der Waals surface area contributed by atoms with Crippen LogP contribution in [0.1, 0.15) is 49.5 Å². The van der Waals surface area contributed by atoms with Gasteiger partial charge in [0.1, 0.15) is 0 Å². The van der Waals surface area contributed by atoms with Gasteiger partial charge < -0.3 is 10.6 Å². The van der Waals surface area contributed by atoms with Gasteiger partial charge in [-0.3, -0.25) is 9.69 Å². The standard InChI is InChI=1S/C19H29N3OS.2ClH/c1-13(22-8-6-18-15(12-22)7-9-24-18)11-20-19(23)17-10-14-4-2-3-5-16(14)21-17;;/h7,9,13-14,16-17,21H,2-6,8,10-12H2,1H3,(H,20,23);2*1H. The summed E-state index contributed by atoms with van der Waals surface area (Å²) < 4.78 is 0. The van der Waals surface area contributed by atoms with E-state index in [9.17, 15) is 4.79 Å². The number of fused-ring (bicyclic) bond motifs is 2. The van der Waals surface area contributed by atoms with Crippen LogP contribution in [0.4, 0.5) is 0 Å². The van der Waals surface area contributed by atoms with E-state index in [1.54, 1.807) is 4.88 Å². The number of hydrogen-bond donors (Lipinski definition) is 2. The molecule has 148 valence electrons. The number of rotatable bonds is 4. The molecule has 0 radical (unpaired) electrons. The highest BCUT2D eigenvalue weighted by Gasteiger charge is 2.38. The maximum Gasteiger partial charge on any atom is 0.237 e. The Balaban J connectivity index is 0.00000121. The molecule has 3 aliphatic rings. The molecule has 7 heteroatoms. The molecular formula is C19H31Cl2N3OS. The summed E-state index contributed by atoms with van der Waals surface area (Å²) in [6.45, 7) is 5.13. The summed E-state index contributed by atoms with van der Waals surface area (Å²) in [5.41, 5.74) is 1.48. The number of nitrogens with one attached hydrogen (secondary N) is 2. The monoisotopic (exact) mass is 419 g/mol. The molecule has 4 unspecified atom stereocenters. The largest absolute Gasteiger partial charge is 0.353 e. The molecule has 0 bridgehead atoms. The molecule has 4 nitrogen and oxygen atoms in total. The second-order valence-electron chi connectivity index (χ2n) is 7.79. The lowest BCUT2D eigenvalue weighted by Crippen LogP contribution is -2.48. The quantitative estimate of drug-likeness (QED) is 0.785. The third-order valence-electron chi connectivity index (χ3n) is 6.21. The topological polar surface area (TPSA) is 44.4 Å². The highest BCUT2D eigenvalue weighted by atomic mass is 35.5. The van der Waals surface area contributed by atoms with E-state index in [0.717, 1.165) is 38.4 Å². The smallest absolute Gasteiger partial charge is 0.237 e. The summed E-state index contributed by atoms with van der Waals surface area (Å²) in [5, 5.41) is 8.99. The zero-order valence-electron chi connectivity index (χ0n) is 15.4. The number of thiophene rings is 1. The first kappa shape index (κ1) is 22.0. The highest BCUT2D eigenvalue weighted by molar-refractivity contribution is 7.10. The van der Waals surface area contributed by atoms with Crippen LogP contribution in [0.5, 0.6) is 0 Å². The van der Waals surface area contributed by atoms with E-state index in [1.807, 2.05) is 11.3 Å². The molecular weight excluding hydrogens is 389 g/mol. The zero-order valence-corrected chi connectivity index (χ0v) is 17.9. The van der Waals surface area contributed by atoms with Crippen LogP contribution in [0.3, 0.4) is 0 Å². The summed E-state index contributed by atoms with van der Waals surface area (Å²) in [4.78, 5) is 16.6. The molecule has 1 saturated carbocycles. The number of carbonyl (C=O) groups is 1. The zero-order chi connectivity index (χ0) is 16.5. The maximum atomic E-state index is 12.5. The lowest BCUT2D eigenvalue weighted by atomic mass is 9.85. The third-order valence-corrected chi connectivity index (χ3v) is 7.23. The van der Waals surface area contributed by atoms with E-state index in [4.69, 9.17) is 0 Å². The minimum atomic E-state index is 0. The Bertz CT molecular complexity index is 583. The van der Waals surface area contributed by atoms with Crippen molar-refractivity contribution in [1.82, 2.24) is 15.5 Å². The summed E-state index contributed by atoms with van der Waals surface area (Å²) in [5.74, 6) is 0.940. The SMILES string of the molecule is CC(CNC(=O)C1CC2CCCCC2N1)N1CCc2sccc2C1.Cl.Cl. The molecule has 2 fully saturated rings. The fraction of sp³-hybridized carbons (Fsp3) is 0.737. The molecule has 2 aliphatic heterocycles. The van der Waals surface area contributed by atoms with Crippen molar-refractivity contribution in [2.24, 2.45) is 5.92 Å². The van der Waals surface area contributed by atoms with Crippen molar-refractivity contribution in [1.29, 1.82) is 0 Å². The van der Waals surface area contributed by atoms with E-state index in [2.05, 4.69) is 33.9 Å². The molecule has 1 amide bonds. The molecule has 0 aromatic carbocycles. The van der Waals surface area contributed by atoms with Crippen LogP contribution in [-0.4, -0.2) is 42.0 Å². The number of hydrogen-bond acceptors (Lipinski definition) is 4. The predicted molar refractivity (Wildman–Crippen MR) is 113 cm³/mol. The summed E-state index contributed by atoms with van der Waals surface area (Å²) in [6.07, 6.45) is 7.40. The molecule has 4 rings (SSSR count). The Morgan fingerprint density at radius 1 is 1.38 bits per heavy atom. The van der Waals surface area contributed by atoms with Gasteiger partial charge in [-0.2, -0.15) is 0 Å². The van der Waals surface area contributed by atoms with E-state index in [-0.39, 0.29) is 36.8 Å². The first-order chi connectivity index (χ1) is 11.7. The summed E-state index contributed by atoms with van der Waals surface area (Å²) in [7, 11) is 0. The van der Waals surface area contributed by atoms with E-state index in [0.29, 0.717) is 12.1 Å². The lowest BCUT2D eigenvalue weighted by molar-refractivity contribution is -0.123. The molecule has 4 atom stereocenters. The van der Waals surface area contributed by atoms with Gasteiger partial charge in [-0.25, -0.2) is 0 Å². The average molecular weight is 420 g/mol. The fourth-order valence-corrected chi connectivity index (χ4v) is 5.56. The maximum absolute atomic E-state index is 12.5. The van der Waals surface area contributed by atoms with Gasteiger partial charge in [-0.1, -0.05) is 12.8 Å². The first-order valence-electron chi connectivity index (χ1n) is 9.54. The Morgan fingerprint density at radius 3 is 3.00 bits per heavy atom. The van der Waals surface area contributed by atoms with Crippen LogP contribution in [0.2, 0.25) is 0 Å². The Morgan fingerprint density at radius 2 is 2.19 bits per heavy atom. The molecule has 2 N–H and O–H groups in total. The average Bonchev–Trinajstić information content (AvgIpc) is 3.24. The van der Waals surface area contributed by atoms with Crippen molar-refractivity contribution in [2.45, 2.75) is 70.1 Å². The minimum Gasteiger partial charge on any atom is -0.353 e. The molecule has 1 aromatic rings. The van der Waals surface area contributed by atoms with Crippen LogP contribution in [0.15, 0.2) is 11.4 Å². The Labute approximate surface area is 173 Å². The molecule has 1 aliphatic carbocycles. The van der Waals surface area contributed by atoms with E-state index < -0.39 is 0 Å². The number of halogens is 2. The van der Waals surface area contributed by atoms with Gasteiger partial charge in [-0.15, -0.1) is 36.2 Å². The molecule has 3 heterocycles. The van der Waals surface area contributed by atoms with Crippen LogP contribution < -0.4 is 10.6 Å². The Kier molecular flexibility index (Phi) is 8.23. The van der Waals surface area contributed by atoms with Gasteiger partial charge in [0, 0.05) is 36.6 Å². The van der Waals surface area contributed by atoms with Crippen molar-refractivity contribution in [3.8, 4) is 0 Å². The number of nitrogens with zero attached hydrogens (tertiary/aromatic N) is 1. The first-order valence-corrected chi connectivity index (χ1v) is 10.4. The third kappa shape index (κ3) is 4.74. The van der Waals surface area contributed by atoms with Gasteiger partial charge in [0.15, 0.2) is 0 Å². The minimum absolute atomic E-state index is 0. The second kappa shape index (κ2) is 9.74. The van der Waals surface area contributed by atoms with Crippen molar-refractivity contribution >= 4 is 42.1 Å². The van der Waals surface area contributed by atoms with Crippen molar-refractivity contribution in [3.05, 3.63) is 21.9 Å². The predicted octanol–water partition coefficient (Wildman–Crippen LogP) is 3.38. The van der Waals surface area contributed by atoms with Crippen LogP contribution in [0.25, 0.3) is 0 Å². The number of carbonyl (C=O) groups excluding carboxylic acids is 1. The summed E-state index contributed by atoms with van der Waals surface area (Å²) >= 11 is 1.88. The number of amides is 1. The van der Waals surface area contributed by atoms with Crippen molar-refractivity contribution in [2.75, 3.05) is 13.1 Å². The molecule has 1 aromatic heterocycles. The van der Waals surface area contributed by atoms with Gasteiger partial charge in [0.2, 0.25) is 5.91 Å². The second-order valence-corrected chi connectivity index (χ2v) is 8.79. The van der Waals surface area contributed by atoms with Gasteiger partial charge in [0.05, 0.1) is 6.04 Å². The normalized spacial score (nSPS) is 28.9. The van der Waals surface area contributed by atoms with Gasteiger partial charge >= 0.3 is 0 Å². The van der Waals surface area contributed by atoms with Crippen LogP contribution in [-0.2, 0) is 17.8 Å². The molecule has 0 spiro atoms. The van der Waals surface area contributed by atoms with Gasteiger partial charge in [0.25, 0.3) is 0 Å².